The fourth-order valence-corrected chi connectivity index (χ4v) is 3.27. The lowest BCUT2D eigenvalue weighted by molar-refractivity contribution is -0.117. The molecule has 1 fully saturated rings. The molecule has 1 aromatic rings. The zero-order valence-electron chi connectivity index (χ0n) is 13.1. The number of hydrogen-bond acceptors (Lipinski definition) is 2. The van der Waals surface area contributed by atoms with E-state index in [9.17, 15) is 4.79 Å². The molecule has 110 valence electrons. The van der Waals surface area contributed by atoms with Crippen LogP contribution >= 0.6 is 0 Å². The number of anilines is 1. The summed E-state index contributed by atoms with van der Waals surface area (Å²) in [6.07, 6.45) is 3.01. The van der Waals surface area contributed by atoms with Crippen molar-refractivity contribution in [3.63, 3.8) is 0 Å². The number of likely N-dealkylation sites (tertiary alicyclic amines) is 1. The van der Waals surface area contributed by atoms with Crippen molar-refractivity contribution in [1.29, 1.82) is 0 Å². The molecule has 0 spiro atoms. The first-order valence-electron chi connectivity index (χ1n) is 7.52. The van der Waals surface area contributed by atoms with E-state index in [1.807, 2.05) is 0 Å². The molecule has 1 aliphatic rings. The Morgan fingerprint density at radius 1 is 1.30 bits per heavy atom. The summed E-state index contributed by atoms with van der Waals surface area (Å²) in [7, 11) is 2.14. The minimum Gasteiger partial charge on any atom is -0.326 e. The van der Waals surface area contributed by atoms with E-state index < -0.39 is 0 Å². The van der Waals surface area contributed by atoms with Gasteiger partial charge in [0.25, 0.3) is 0 Å². The minimum absolute atomic E-state index is 0.153. The molecule has 0 aliphatic carbocycles. The molecule has 1 saturated heterocycles. The molecule has 0 radical (unpaired) electrons. The van der Waals surface area contributed by atoms with Crippen LogP contribution in [-0.2, 0) is 4.79 Å². The van der Waals surface area contributed by atoms with Crippen LogP contribution in [0.1, 0.15) is 36.0 Å². The van der Waals surface area contributed by atoms with Crippen LogP contribution in [-0.4, -0.2) is 30.9 Å². The first-order chi connectivity index (χ1) is 9.45. The normalized spacial score (nSPS) is 19.9. The van der Waals surface area contributed by atoms with Gasteiger partial charge in [0.05, 0.1) is 0 Å². The Morgan fingerprint density at radius 2 is 1.95 bits per heavy atom. The summed E-state index contributed by atoms with van der Waals surface area (Å²) in [5.74, 6) is 0.653. The Labute approximate surface area is 122 Å². The maximum Gasteiger partial charge on any atom is 0.224 e. The zero-order valence-corrected chi connectivity index (χ0v) is 13.1. The van der Waals surface area contributed by atoms with Crippen LogP contribution in [0.25, 0.3) is 0 Å². The van der Waals surface area contributed by atoms with Gasteiger partial charge in [-0.15, -0.1) is 0 Å². The van der Waals surface area contributed by atoms with Gasteiger partial charge in [-0.2, -0.15) is 0 Å². The molecule has 20 heavy (non-hydrogen) atoms. The quantitative estimate of drug-likeness (QED) is 0.917. The second kappa shape index (κ2) is 6.40. The molecule has 0 bridgehead atoms. The number of hydrogen-bond donors (Lipinski definition) is 1. The number of piperidine rings is 1. The van der Waals surface area contributed by atoms with Gasteiger partial charge >= 0.3 is 0 Å². The van der Waals surface area contributed by atoms with Crippen LogP contribution in [0.5, 0.6) is 0 Å². The molecular weight excluding hydrogens is 248 g/mol. The van der Waals surface area contributed by atoms with Crippen molar-refractivity contribution in [2.45, 2.75) is 40.0 Å². The summed E-state index contributed by atoms with van der Waals surface area (Å²) in [4.78, 5) is 14.6. The fourth-order valence-electron chi connectivity index (χ4n) is 3.27. The Hall–Kier alpha value is -1.35. The summed E-state index contributed by atoms with van der Waals surface area (Å²) in [6.45, 7) is 8.41. The highest BCUT2D eigenvalue weighted by atomic mass is 16.1. The summed E-state index contributed by atoms with van der Waals surface area (Å²) in [5, 5.41) is 3.11. The number of rotatable bonds is 3. The first-order valence-corrected chi connectivity index (χ1v) is 7.52. The summed E-state index contributed by atoms with van der Waals surface area (Å²) >= 11 is 0. The maximum atomic E-state index is 12.2. The van der Waals surface area contributed by atoms with Gasteiger partial charge in [-0.25, -0.2) is 0 Å². The van der Waals surface area contributed by atoms with Gasteiger partial charge in [0, 0.05) is 18.7 Å². The van der Waals surface area contributed by atoms with E-state index >= 15 is 0 Å². The molecule has 3 heteroatoms. The van der Waals surface area contributed by atoms with E-state index in [0.29, 0.717) is 12.3 Å². The largest absolute Gasteiger partial charge is 0.326 e. The molecule has 1 N–H and O–H groups in total. The van der Waals surface area contributed by atoms with Gasteiger partial charge in [-0.3, -0.25) is 4.79 Å². The lowest BCUT2D eigenvalue weighted by Crippen LogP contribution is -2.34. The van der Waals surface area contributed by atoms with E-state index in [1.165, 1.54) is 18.4 Å². The number of carbonyl (C=O) groups excluding carboxylic acids is 1. The van der Waals surface area contributed by atoms with Crippen molar-refractivity contribution < 1.29 is 4.79 Å². The molecule has 0 aromatic heterocycles. The smallest absolute Gasteiger partial charge is 0.224 e. The average molecular weight is 274 g/mol. The summed E-state index contributed by atoms with van der Waals surface area (Å²) in [5.41, 5.74) is 4.53. The molecule has 1 aromatic carbocycles. The molecule has 2 rings (SSSR count). The van der Waals surface area contributed by atoms with Crippen molar-refractivity contribution >= 4 is 11.6 Å². The van der Waals surface area contributed by atoms with Crippen LogP contribution in [0.15, 0.2) is 12.1 Å². The van der Waals surface area contributed by atoms with E-state index in [0.717, 1.165) is 29.9 Å². The molecule has 1 unspecified atom stereocenters. The third-order valence-corrected chi connectivity index (χ3v) is 4.14. The summed E-state index contributed by atoms with van der Waals surface area (Å²) < 4.78 is 0. The fraction of sp³-hybridized carbons (Fsp3) is 0.588. The number of nitrogens with zero attached hydrogens (tertiary/aromatic N) is 1. The lowest BCUT2D eigenvalue weighted by Gasteiger charge is -2.29. The molecule has 1 heterocycles. The Bertz CT molecular complexity index is 473. The van der Waals surface area contributed by atoms with Crippen molar-refractivity contribution in [3.05, 3.63) is 28.8 Å². The Kier molecular flexibility index (Phi) is 4.81. The van der Waals surface area contributed by atoms with Gasteiger partial charge in [0.15, 0.2) is 0 Å². The monoisotopic (exact) mass is 274 g/mol. The number of amides is 1. The van der Waals surface area contributed by atoms with Gasteiger partial charge in [-0.05, 0) is 64.3 Å². The highest BCUT2D eigenvalue weighted by molar-refractivity contribution is 5.92. The van der Waals surface area contributed by atoms with Gasteiger partial charge in [0.1, 0.15) is 0 Å². The number of nitrogens with one attached hydrogen (secondary N) is 1. The van der Waals surface area contributed by atoms with Crippen LogP contribution in [0.4, 0.5) is 5.69 Å². The zero-order chi connectivity index (χ0) is 14.7. The molecule has 1 aliphatic heterocycles. The Balaban J connectivity index is 1.98. The highest BCUT2D eigenvalue weighted by Crippen LogP contribution is 2.24. The number of aryl methyl sites for hydroxylation is 3. The average Bonchev–Trinajstić information content (AvgIpc) is 2.33. The Morgan fingerprint density at radius 3 is 2.55 bits per heavy atom. The predicted molar refractivity (Wildman–Crippen MR) is 84.1 cm³/mol. The van der Waals surface area contributed by atoms with Crippen LogP contribution in [0, 0.1) is 26.7 Å². The standard InChI is InChI=1S/C17H26N2O/c1-12-8-13(2)17(14(3)9-12)18-16(20)10-15-6-5-7-19(4)11-15/h8-9,15H,5-7,10-11H2,1-4H3,(H,18,20). The van der Waals surface area contributed by atoms with E-state index in [-0.39, 0.29) is 5.91 Å². The maximum absolute atomic E-state index is 12.2. The van der Waals surface area contributed by atoms with Gasteiger partial charge in [-0.1, -0.05) is 17.7 Å². The highest BCUT2D eigenvalue weighted by Gasteiger charge is 2.20. The van der Waals surface area contributed by atoms with Gasteiger partial charge < -0.3 is 10.2 Å². The number of benzene rings is 1. The van der Waals surface area contributed by atoms with Crippen molar-refractivity contribution in [1.82, 2.24) is 4.90 Å². The van der Waals surface area contributed by atoms with Gasteiger partial charge in [0.2, 0.25) is 5.91 Å². The van der Waals surface area contributed by atoms with Crippen molar-refractivity contribution in [3.8, 4) is 0 Å². The molecule has 1 amide bonds. The second-order valence-corrected chi connectivity index (χ2v) is 6.30. The topological polar surface area (TPSA) is 32.3 Å². The second-order valence-electron chi connectivity index (χ2n) is 6.30. The van der Waals surface area contributed by atoms with Crippen LogP contribution in [0.3, 0.4) is 0 Å². The van der Waals surface area contributed by atoms with E-state index in [4.69, 9.17) is 0 Å². The first kappa shape index (κ1) is 15.0. The molecule has 3 nitrogen and oxygen atoms in total. The van der Waals surface area contributed by atoms with Crippen molar-refractivity contribution in [2.75, 3.05) is 25.5 Å². The predicted octanol–water partition coefficient (Wildman–Crippen LogP) is 3.28. The number of carbonyl (C=O) groups is 1. The van der Waals surface area contributed by atoms with Crippen LogP contribution in [0.2, 0.25) is 0 Å². The van der Waals surface area contributed by atoms with E-state index in [1.54, 1.807) is 0 Å². The van der Waals surface area contributed by atoms with Crippen molar-refractivity contribution in [2.24, 2.45) is 5.92 Å². The molecule has 0 saturated carbocycles. The summed E-state index contributed by atoms with van der Waals surface area (Å²) in [6, 6.07) is 4.24. The molecule has 1 atom stereocenters. The minimum atomic E-state index is 0.153. The molecular formula is C17H26N2O. The third-order valence-electron chi connectivity index (χ3n) is 4.14. The van der Waals surface area contributed by atoms with E-state index in [2.05, 4.69) is 50.2 Å². The lowest BCUT2D eigenvalue weighted by atomic mass is 9.94. The third kappa shape index (κ3) is 3.83. The SMILES string of the molecule is Cc1cc(C)c(NC(=O)CC2CCCN(C)C2)c(C)c1. The van der Waals surface area contributed by atoms with Crippen LogP contribution < -0.4 is 5.32 Å².